The Morgan fingerprint density at radius 1 is 1.03 bits per heavy atom. The van der Waals surface area contributed by atoms with E-state index in [4.69, 9.17) is 0 Å². The van der Waals surface area contributed by atoms with Crippen molar-refractivity contribution >= 4 is 39.8 Å². The first-order chi connectivity index (χ1) is 15.3. The van der Waals surface area contributed by atoms with E-state index < -0.39 is 22.7 Å². The number of benzene rings is 2. The number of non-ortho nitro benzene ring substituents is 1. The molecule has 32 heavy (non-hydrogen) atoms. The molecule has 0 saturated heterocycles. The smallest absolute Gasteiger partial charge is 0.337 e. The molecule has 1 heterocycles. The summed E-state index contributed by atoms with van der Waals surface area (Å²) in [6, 6.07) is 13.6. The van der Waals surface area contributed by atoms with Crippen LogP contribution in [-0.2, 0) is 11.3 Å². The molecule has 0 aliphatic rings. The second-order valence-corrected chi connectivity index (χ2v) is 7.99. The molecule has 0 saturated carbocycles. The Hall–Kier alpha value is -4.05. The van der Waals surface area contributed by atoms with E-state index in [1.165, 1.54) is 54.8 Å². The van der Waals surface area contributed by atoms with Crippen molar-refractivity contribution in [3.63, 3.8) is 0 Å². The summed E-state index contributed by atoms with van der Waals surface area (Å²) >= 11 is 1.25. The van der Waals surface area contributed by atoms with Gasteiger partial charge in [0.1, 0.15) is 5.00 Å². The van der Waals surface area contributed by atoms with Crippen molar-refractivity contribution in [2.75, 3.05) is 12.4 Å². The van der Waals surface area contributed by atoms with Crippen LogP contribution in [0.5, 0.6) is 0 Å². The molecule has 0 bridgehead atoms. The first kappa shape index (κ1) is 22.6. The van der Waals surface area contributed by atoms with E-state index in [0.717, 1.165) is 4.88 Å². The third-order valence-corrected chi connectivity index (χ3v) is 5.44. The quantitative estimate of drug-likeness (QED) is 0.317. The van der Waals surface area contributed by atoms with Crippen molar-refractivity contribution in [3.8, 4) is 0 Å². The van der Waals surface area contributed by atoms with Gasteiger partial charge in [0.15, 0.2) is 0 Å². The molecule has 0 radical (unpaired) electrons. The number of carbonyl (C=O) groups excluding carboxylic acids is 3. The highest BCUT2D eigenvalue weighted by Gasteiger charge is 2.18. The molecule has 0 aliphatic carbocycles. The number of hydrogen-bond donors (Lipinski definition) is 2. The normalized spacial score (nSPS) is 10.3. The third-order valence-electron chi connectivity index (χ3n) is 4.47. The molecule has 0 aliphatic heterocycles. The van der Waals surface area contributed by atoms with E-state index in [1.807, 2.05) is 6.92 Å². The van der Waals surface area contributed by atoms with E-state index in [2.05, 4.69) is 15.4 Å². The number of aryl methyl sites for hydroxylation is 1. The lowest BCUT2D eigenvalue weighted by atomic mass is 10.1. The maximum absolute atomic E-state index is 12.7. The molecule has 3 aromatic rings. The molecule has 0 spiro atoms. The molecule has 2 N–H and O–H groups in total. The van der Waals surface area contributed by atoms with E-state index in [-0.39, 0.29) is 17.8 Å². The first-order valence-corrected chi connectivity index (χ1v) is 10.2. The summed E-state index contributed by atoms with van der Waals surface area (Å²) in [6.45, 7) is 1.90. The lowest BCUT2D eigenvalue weighted by molar-refractivity contribution is -0.384. The Labute approximate surface area is 187 Å². The highest BCUT2D eigenvalue weighted by atomic mass is 32.1. The molecule has 9 nitrogen and oxygen atoms in total. The zero-order valence-corrected chi connectivity index (χ0v) is 18.0. The van der Waals surface area contributed by atoms with Crippen LogP contribution in [0.1, 0.15) is 41.5 Å². The second-order valence-electron chi connectivity index (χ2n) is 6.73. The highest BCUT2D eigenvalue weighted by Crippen LogP contribution is 2.28. The number of methoxy groups -OCH3 is 1. The van der Waals surface area contributed by atoms with Crippen molar-refractivity contribution in [2.24, 2.45) is 0 Å². The molecular weight excluding hydrogens is 434 g/mol. The lowest BCUT2D eigenvalue weighted by Gasteiger charge is -2.08. The number of thiophene rings is 1. The van der Waals surface area contributed by atoms with E-state index in [0.29, 0.717) is 21.7 Å². The molecule has 2 amide bonds. The second kappa shape index (κ2) is 9.84. The summed E-state index contributed by atoms with van der Waals surface area (Å²) in [5.41, 5.74) is 1.44. The number of esters is 1. The Morgan fingerprint density at radius 3 is 2.38 bits per heavy atom. The van der Waals surface area contributed by atoms with Crippen molar-refractivity contribution in [1.29, 1.82) is 0 Å². The molecule has 164 valence electrons. The maximum Gasteiger partial charge on any atom is 0.337 e. The van der Waals surface area contributed by atoms with Gasteiger partial charge in [0.05, 0.1) is 23.2 Å². The number of ether oxygens (including phenoxy) is 1. The number of hydrogen-bond acceptors (Lipinski definition) is 7. The predicted molar refractivity (Wildman–Crippen MR) is 119 cm³/mol. The van der Waals surface area contributed by atoms with Crippen molar-refractivity contribution in [2.45, 2.75) is 13.5 Å². The Bertz CT molecular complexity index is 1190. The lowest BCUT2D eigenvalue weighted by Crippen LogP contribution is -2.24. The predicted octanol–water partition coefficient (Wildman–Crippen LogP) is 3.93. The van der Waals surface area contributed by atoms with Gasteiger partial charge >= 0.3 is 5.97 Å². The van der Waals surface area contributed by atoms with Gasteiger partial charge in [0, 0.05) is 29.1 Å². The number of rotatable bonds is 7. The van der Waals surface area contributed by atoms with Gasteiger partial charge in [-0.15, -0.1) is 11.3 Å². The van der Waals surface area contributed by atoms with Crippen LogP contribution in [-0.4, -0.2) is 29.8 Å². The number of nitrogens with zero attached hydrogens (tertiary/aromatic N) is 1. The summed E-state index contributed by atoms with van der Waals surface area (Å²) in [6.07, 6.45) is 0. The summed E-state index contributed by atoms with van der Waals surface area (Å²) in [5, 5.41) is 16.7. The summed E-state index contributed by atoms with van der Waals surface area (Å²) in [7, 11) is 1.27. The zero-order valence-electron chi connectivity index (χ0n) is 17.2. The van der Waals surface area contributed by atoms with Crippen LogP contribution in [0.25, 0.3) is 0 Å². The Balaban J connectivity index is 1.70. The number of carbonyl (C=O) groups is 3. The number of nitro groups is 1. The van der Waals surface area contributed by atoms with Crippen LogP contribution in [0.4, 0.5) is 10.7 Å². The van der Waals surface area contributed by atoms with E-state index in [9.17, 15) is 24.5 Å². The highest BCUT2D eigenvalue weighted by molar-refractivity contribution is 7.16. The molecule has 3 rings (SSSR count). The minimum atomic E-state index is -0.506. The molecule has 2 aromatic carbocycles. The van der Waals surface area contributed by atoms with Gasteiger partial charge in [-0.1, -0.05) is 12.1 Å². The van der Waals surface area contributed by atoms with Crippen LogP contribution in [0.15, 0.2) is 54.6 Å². The fourth-order valence-corrected chi connectivity index (χ4v) is 3.79. The molecule has 10 heteroatoms. The van der Waals surface area contributed by atoms with Crippen molar-refractivity contribution in [3.05, 3.63) is 91.8 Å². The fourth-order valence-electron chi connectivity index (χ4n) is 2.88. The monoisotopic (exact) mass is 453 g/mol. The molecule has 0 unspecified atom stereocenters. The minimum absolute atomic E-state index is 0.0608. The molecular formula is C22H19N3O6S. The maximum atomic E-state index is 12.7. The topological polar surface area (TPSA) is 128 Å². The standard InChI is InChI=1S/C22H19N3O6S/c1-13-10-18(20(27)23-12-14-4-3-5-17(11-14)25(29)30)21(32-13)24-19(26)15-6-8-16(9-7-15)22(28)31-2/h3-11H,12H2,1-2H3,(H,23,27)(H,24,26). The van der Waals surface area contributed by atoms with Gasteiger partial charge < -0.3 is 15.4 Å². The SMILES string of the molecule is COC(=O)c1ccc(C(=O)Nc2sc(C)cc2C(=O)NCc2cccc([N+](=O)[O-])c2)cc1. The van der Waals surface area contributed by atoms with Crippen LogP contribution >= 0.6 is 11.3 Å². The summed E-state index contributed by atoms with van der Waals surface area (Å²) in [4.78, 5) is 48.1. The number of anilines is 1. The Kier molecular flexibility index (Phi) is 6.96. The van der Waals surface area contributed by atoms with Crippen LogP contribution in [0.3, 0.4) is 0 Å². The molecule has 0 atom stereocenters. The summed E-state index contributed by atoms with van der Waals surface area (Å²) < 4.78 is 4.63. The van der Waals surface area contributed by atoms with Crippen molar-refractivity contribution < 1.29 is 24.0 Å². The van der Waals surface area contributed by atoms with Gasteiger partial charge in [-0.25, -0.2) is 4.79 Å². The van der Waals surface area contributed by atoms with E-state index >= 15 is 0 Å². The minimum Gasteiger partial charge on any atom is -0.465 e. The third kappa shape index (κ3) is 5.35. The van der Waals surface area contributed by atoms with Gasteiger partial charge in [0.25, 0.3) is 17.5 Å². The van der Waals surface area contributed by atoms with Gasteiger partial charge in [-0.2, -0.15) is 0 Å². The van der Waals surface area contributed by atoms with Crippen molar-refractivity contribution in [1.82, 2.24) is 5.32 Å². The number of nitro benzene ring substituents is 1. The zero-order chi connectivity index (χ0) is 23.3. The van der Waals surface area contributed by atoms with Crippen LogP contribution in [0, 0.1) is 17.0 Å². The average molecular weight is 453 g/mol. The van der Waals surface area contributed by atoms with Gasteiger partial charge in [-0.05, 0) is 42.8 Å². The van der Waals surface area contributed by atoms with Crippen LogP contribution < -0.4 is 10.6 Å². The average Bonchev–Trinajstić information content (AvgIpc) is 3.17. The summed E-state index contributed by atoms with van der Waals surface area (Å²) in [5.74, 6) is -1.36. The fraction of sp³-hybridized carbons (Fsp3) is 0.136. The van der Waals surface area contributed by atoms with Crippen LogP contribution in [0.2, 0.25) is 0 Å². The molecule has 0 fully saturated rings. The Morgan fingerprint density at radius 2 is 1.72 bits per heavy atom. The molecule has 1 aromatic heterocycles. The first-order valence-electron chi connectivity index (χ1n) is 9.40. The van der Waals surface area contributed by atoms with Gasteiger partial charge in [0.2, 0.25) is 0 Å². The number of amides is 2. The van der Waals surface area contributed by atoms with Gasteiger partial charge in [-0.3, -0.25) is 19.7 Å². The largest absolute Gasteiger partial charge is 0.465 e. The van der Waals surface area contributed by atoms with E-state index in [1.54, 1.807) is 18.2 Å². The number of nitrogens with one attached hydrogen (secondary N) is 2.